The highest BCUT2D eigenvalue weighted by Crippen LogP contribution is 1.98. The average Bonchev–Trinajstić information content (AvgIpc) is 2.05. The Morgan fingerprint density at radius 1 is 1.50 bits per heavy atom. The molecule has 0 radical (unpaired) electrons. The van der Waals surface area contributed by atoms with Crippen molar-refractivity contribution in [3.8, 4) is 0 Å². The number of carbonyl (C=O) groups excluding carboxylic acids is 1. The van der Waals surface area contributed by atoms with Gasteiger partial charge in [0.1, 0.15) is 5.91 Å². The lowest BCUT2D eigenvalue weighted by atomic mass is 10.2. The van der Waals surface area contributed by atoms with E-state index in [4.69, 9.17) is 9.47 Å². The van der Waals surface area contributed by atoms with Crippen LogP contribution in [-0.2, 0) is 14.3 Å². The van der Waals surface area contributed by atoms with Gasteiger partial charge in [0.25, 0.3) is 0 Å². The molecular formula is C8H16O3Si. The molecule has 0 aliphatic heterocycles. The lowest BCUT2D eigenvalue weighted by Crippen LogP contribution is -2.23. The number of hydrogen-bond donors (Lipinski definition) is 0. The van der Waals surface area contributed by atoms with Crippen LogP contribution >= 0.6 is 0 Å². The smallest absolute Gasteiger partial charge is 0.155 e. The molecule has 0 atom stereocenters. The SMILES string of the molecule is C=C(C)C(=O)C[SiH2]C(OC)OC. The van der Waals surface area contributed by atoms with E-state index in [9.17, 15) is 4.79 Å². The van der Waals surface area contributed by atoms with Crippen LogP contribution < -0.4 is 0 Å². The standard InChI is InChI=1S/C8H16O3Si/c1-6(2)7(9)5-12-8(10-3)11-4/h8H,1,5,12H2,2-4H3. The second-order valence-electron chi connectivity index (χ2n) is 2.64. The Labute approximate surface area is 75.6 Å². The number of hydrogen-bond acceptors (Lipinski definition) is 3. The Morgan fingerprint density at radius 2 is 2.00 bits per heavy atom. The fourth-order valence-corrected chi connectivity index (χ4v) is 2.19. The second kappa shape index (κ2) is 6.11. The van der Waals surface area contributed by atoms with Crippen LogP contribution in [0.2, 0.25) is 6.04 Å². The summed E-state index contributed by atoms with van der Waals surface area (Å²) in [5.74, 6) is -0.0194. The Bertz CT molecular complexity index is 164. The van der Waals surface area contributed by atoms with Crippen molar-refractivity contribution in [3.63, 3.8) is 0 Å². The second-order valence-corrected chi connectivity index (χ2v) is 4.39. The van der Waals surface area contributed by atoms with Crippen molar-refractivity contribution in [2.24, 2.45) is 0 Å². The molecule has 0 saturated carbocycles. The van der Waals surface area contributed by atoms with Gasteiger partial charge in [0.15, 0.2) is 5.78 Å². The van der Waals surface area contributed by atoms with Crippen molar-refractivity contribution in [2.75, 3.05) is 14.2 Å². The molecular weight excluding hydrogens is 172 g/mol. The Balaban J connectivity index is 3.66. The number of rotatable bonds is 6. The molecule has 70 valence electrons. The summed E-state index contributed by atoms with van der Waals surface area (Å²) in [6.07, 6.45) is 0. The summed E-state index contributed by atoms with van der Waals surface area (Å²) >= 11 is 0. The van der Waals surface area contributed by atoms with E-state index in [0.29, 0.717) is 11.6 Å². The maximum atomic E-state index is 11.1. The van der Waals surface area contributed by atoms with E-state index < -0.39 is 9.52 Å². The largest absolute Gasteiger partial charge is 0.360 e. The molecule has 0 fully saturated rings. The maximum absolute atomic E-state index is 11.1. The van der Waals surface area contributed by atoms with Crippen LogP contribution in [0, 0.1) is 0 Å². The first kappa shape index (κ1) is 11.5. The average molecular weight is 188 g/mol. The maximum Gasteiger partial charge on any atom is 0.155 e. The van der Waals surface area contributed by atoms with E-state index in [1.807, 2.05) is 0 Å². The predicted octanol–water partition coefficient (Wildman–Crippen LogP) is 0.295. The van der Waals surface area contributed by atoms with Crippen LogP contribution in [0.5, 0.6) is 0 Å². The monoisotopic (exact) mass is 188 g/mol. The van der Waals surface area contributed by atoms with Crippen molar-refractivity contribution in [1.82, 2.24) is 0 Å². The van der Waals surface area contributed by atoms with E-state index >= 15 is 0 Å². The number of carbonyl (C=O) groups is 1. The van der Waals surface area contributed by atoms with Gasteiger partial charge in [-0.05, 0) is 12.5 Å². The fraction of sp³-hybridized carbons (Fsp3) is 0.625. The number of allylic oxidation sites excluding steroid dienone is 1. The Morgan fingerprint density at radius 3 is 2.33 bits per heavy atom. The van der Waals surface area contributed by atoms with Gasteiger partial charge in [0.2, 0.25) is 0 Å². The first-order valence-corrected chi connectivity index (χ1v) is 5.67. The van der Waals surface area contributed by atoms with Gasteiger partial charge in [0, 0.05) is 20.3 Å². The van der Waals surface area contributed by atoms with E-state index in [-0.39, 0.29) is 11.7 Å². The lowest BCUT2D eigenvalue weighted by molar-refractivity contribution is -0.113. The quantitative estimate of drug-likeness (QED) is 0.341. The zero-order valence-corrected chi connectivity index (χ0v) is 9.34. The van der Waals surface area contributed by atoms with Gasteiger partial charge in [-0.15, -0.1) is 0 Å². The molecule has 0 aromatic heterocycles. The van der Waals surface area contributed by atoms with Crippen LogP contribution in [0.15, 0.2) is 12.2 Å². The van der Waals surface area contributed by atoms with Crippen LogP contribution in [0.4, 0.5) is 0 Å². The minimum absolute atomic E-state index is 0.126. The van der Waals surface area contributed by atoms with Crippen molar-refractivity contribution in [3.05, 3.63) is 12.2 Å². The highest BCUT2D eigenvalue weighted by Gasteiger charge is 2.09. The number of Topliss-reactive ketones (excluding diaryl/α,β-unsaturated/α-hetero) is 1. The molecule has 4 heteroatoms. The molecule has 12 heavy (non-hydrogen) atoms. The molecule has 3 nitrogen and oxygen atoms in total. The molecule has 0 heterocycles. The zero-order valence-electron chi connectivity index (χ0n) is 7.92. The van der Waals surface area contributed by atoms with E-state index in [2.05, 4.69) is 6.58 Å². The summed E-state index contributed by atoms with van der Waals surface area (Å²) in [6, 6.07) is 0.571. The summed E-state index contributed by atoms with van der Waals surface area (Å²) in [5.41, 5.74) is 0.619. The summed E-state index contributed by atoms with van der Waals surface area (Å²) in [6.45, 7) is 5.30. The highest BCUT2D eigenvalue weighted by atomic mass is 28.2. The number of methoxy groups -OCH3 is 2. The molecule has 0 spiro atoms. The molecule has 0 rings (SSSR count). The van der Waals surface area contributed by atoms with E-state index in [1.54, 1.807) is 21.1 Å². The number of ether oxygens (including phenoxy) is 2. The Hall–Kier alpha value is -0.453. The van der Waals surface area contributed by atoms with E-state index in [1.165, 1.54) is 0 Å². The van der Waals surface area contributed by atoms with Gasteiger partial charge in [-0.2, -0.15) is 0 Å². The van der Waals surface area contributed by atoms with Gasteiger partial charge < -0.3 is 9.47 Å². The summed E-state index contributed by atoms with van der Waals surface area (Å²) < 4.78 is 9.97. The first-order chi connectivity index (χ1) is 5.61. The first-order valence-electron chi connectivity index (χ1n) is 3.86. The molecule has 0 aliphatic carbocycles. The fourth-order valence-electron chi connectivity index (χ4n) is 0.794. The molecule has 0 saturated heterocycles. The third kappa shape index (κ3) is 4.43. The minimum atomic E-state index is -0.620. The van der Waals surface area contributed by atoms with E-state index in [0.717, 1.165) is 0 Å². The van der Waals surface area contributed by atoms with Gasteiger partial charge in [-0.1, -0.05) is 6.58 Å². The van der Waals surface area contributed by atoms with Crippen molar-refractivity contribution in [2.45, 2.75) is 18.9 Å². The molecule has 0 bridgehead atoms. The van der Waals surface area contributed by atoms with Crippen molar-refractivity contribution in [1.29, 1.82) is 0 Å². The minimum Gasteiger partial charge on any atom is -0.360 e. The molecule has 0 amide bonds. The Kier molecular flexibility index (Phi) is 5.88. The summed E-state index contributed by atoms with van der Waals surface area (Å²) in [5, 5.41) is 0. The third-order valence-corrected chi connectivity index (χ3v) is 3.49. The number of ketones is 1. The molecule has 0 aliphatic rings. The van der Waals surface area contributed by atoms with Crippen molar-refractivity contribution >= 4 is 15.3 Å². The summed E-state index contributed by atoms with van der Waals surface area (Å²) in [4.78, 5) is 11.1. The van der Waals surface area contributed by atoms with Crippen LogP contribution in [0.25, 0.3) is 0 Å². The van der Waals surface area contributed by atoms with Gasteiger partial charge in [0.05, 0.1) is 9.52 Å². The topological polar surface area (TPSA) is 35.5 Å². The summed E-state index contributed by atoms with van der Waals surface area (Å²) in [7, 11) is 2.56. The van der Waals surface area contributed by atoms with Crippen LogP contribution in [-0.4, -0.2) is 35.4 Å². The van der Waals surface area contributed by atoms with Gasteiger partial charge in [-0.25, -0.2) is 0 Å². The predicted molar refractivity (Wildman–Crippen MR) is 51.0 cm³/mol. The molecule has 0 aromatic rings. The van der Waals surface area contributed by atoms with Crippen LogP contribution in [0.1, 0.15) is 6.92 Å². The molecule has 0 aromatic carbocycles. The molecule has 0 unspecified atom stereocenters. The van der Waals surface area contributed by atoms with Gasteiger partial charge >= 0.3 is 0 Å². The zero-order chi connectivity index (χ0) is 9.56. The molecule has 0 N–H and O–H groups in total. The van der Waals surface area contributed by atoms with Crippen molar-refractivity contribution < 1.29 is 14.3 Å². The lowest BCUT2D eigenvalue weighted by Gasteiger charge is -2.11. The third-order valence-electron chi connectivity index (χ3n) is 1.61. The normalized spacial score (nSPS) is 11.3. The van der Waals surface area contributed by atoms with Crippen LogP contribution in [0.3, 0.4) is 0 Å². The van der Waals surface area contributed by atoms with Gasteiger partial charge in [-0.3, -0.25) is 4.79 Å². The highest BCUT2D eigenvalue weighted by molar-refractivity contribution is 6.43.